The van der Waals surface area contributed by atoms with Gasteiger partial charge < -0.3 is 26.0 Å². The van der Waals surface area contributed by atoms with Gasteiger partial charge in [-0.3, -0.25) is 14.4 Å². The van der Waals surface area contributed by atoms with Crippen molar-refractivity contribution in [2.45, 2.75) is 59.2 Å². The maximum atomic E-state index is 13.8. The van der Waals surface area contributed by atoms with Crippen molar-refractivity contribution in [2.75, 3.05) is 0 Å². The standard InChI is InChI=1S/C30H35N3O6S/c1-16-26(40-15-32-16)18-10-8-17(9-11-18)14-31-28(38)22-13-19(34)12-21(22)25(37)27(30(2,3)4)33-29(39)20-6-5-7-23(35)24(20)36/h5-11,15,19,21-22,27,34-36H,12-14H2,1-4H3,(H,31,38)(H,33,39)/t19-,21?,22+,27+/m0/s1. The Morgan fingerprint density at radius 1 is 1.05 bits per heavy atom. The minimum atomic E-state index is -1.00. The molecule has 1 heterocycles. The number of carbonyl (C=O) groups excluding carboxylic acids is 3. The zero-order valence-electron chi connectivity index (χ0n) is 23.0. The van der Waals surface area contributed by atoms with E-state index in [9.17, 15) is 29.7 Å². The molecule has 1 fully saturated rings. The SMILES string of the molecule is Cc1ncsc1-c1ccc(CNC(=O)[C@@H]2C[C@@H](O)CC2C(=O)[C@@H](NC(=O)c2cccc(O)c2O)C(C)(C)C)cc1. The van der Waals surface area contributed by atoms with E-state index in [0.29, 0.717) is 0 Å². The highest BCUT2D eigenvalue weighted by molar-refractivity contribution is 7.13. The second-order valence-electron chi connectivity index (χ2n) is 11.4. The molecule has 2 amide bonds. The molecular formula is C30H35N3O6S. The molecule has 0 bridgehead atoms. The minimum Gasteiger partial charge on any atom is -0.504 e. The molecule has 10 heteroatoms. The summed E-state index contributed by atoms with van der Waals surface area (Å²) in [5.74, 6) is -3.99. The zero-order valence-corrected chi connectivity index (χ0v) is 23.8. The van der Waals surface area contributed by atoms with Gasteiger partial charge in [0.15, 0.2) is 17.3 Å². The van der Waals surface area contributed by atoms with Gasteiger partial charge in [-0.25, -0.2) is 4.98 Å². The molecule has 0 aliphatic heterocycles. The summed E-state index contributed by atoms with van der Waals surface area (Å²) in [4.78, 5) is 45.4. The minimum absolute atomic E-state index is 0.111. The van der Waals surface area contributed by atoms with Crippen LogP contribution in [0.2, 0.25) is 0 Å². The summed E-state index contributed by atoms with van der Waals surface area (Å²) in [6.07, 6.45) is -0.568. The fraction of sp³-hybridized carbons (Fsp3) is 0.400. The molecule has 212 valence electrons. The Labute approximate surface area is 237 Å². The number of hydrogen-bond acceptors (Lipinski definition) is 8. The first-order valence-corrected chi connectivity index (χ1v) is 14.1. The van der Waals surface area contributed by atoms with E-state index >= 15 is 0 Å². The number of aromatic nitrogens is 1. The molecule has 1 aromatic heterocycles. The summed E-state index contributed by atoms with van der Waals surface area (Å²) in [7, 11) is 0. The van der Waals surface area contributed by atoms with Gasteiger partial charge >= 0.3 is 0 Å². The number of hydrogen-bond donors (Lipinski definition) is 5. The van der Waals surface area contributed by atoms with Crippen molar-refractivity contribution in [3.05, 3.63) is 64.8 Å². The molecule has 1 unspecified atom stereocenters. The number of ketones is 1. The molecule has 1 saturated carbocycles. The molecule has 5 N–H and O–H groups in total. The molecule has 4 rings (SSSR count). The first-order chi connectivity index (χ1) is 18.9. The van der Waals surface area contributed by atoms with E-state index in [-0.39, 0.29) is 36.6 Å². The number of nitrogens with zero attached hydrogens (tertiary/aromatic N) is 1. The summed E-state index contributed by atoms with van der Waals surface area (Å²) in [6.45, 7) is 7.59. The number of rotatable bonds is 8. The highest BCUT2D eigenvalue weighted by Crippen LogP contribution is 2.37. The number of aliphatic hydroxyl groups excluding tert-OH is 1. The lowest BCUT2D eigenvalue weighted by molar-refractivity contribution is -0.135. The van der Waals surface area contributed by atoms with Crippen molar-refractivity contribution in [3.63, 3.8) is 0 Å². The van der Waals surface area contributed by atoms with Crippen LogP contribution >= 0.6 is 11.3 Å². The van der Waals surface area contributed by atoms with Gasteiger partial charge in [-0.05, 0) is 48.4 Å². The van der Waals surface area contributed by atoms with Crippen molar-refractivity contribution in [1.82, 2.24) is 15.6 Å². The van der Waals surface area contributed by atoms with Crippen molar-refractivity contribution >= 4 is 28.9 Å². The van der Waals surface area contributed by atoms with Gasteiger partial charge in [-0.2, -0.15) is 0 Å². The van der Waals surface area contributed by atoms with E-state index in [0.717, 1.165) is 21.7 Å². The number of phenolic OH excluding ortho intramolecular Hbond substituents is 2. The monoisotopic (exact) mass is 565 g/mol. The summed E-state index contributed by atoms with van der Waals surface area (Å²) in [6, 6.07) is 10.8. The predicted molar refractivity (Wildman–Crippen MR) is 152 cm³/mol. The van der Waals surface area contributed by atoms with Gasteiger partial charge in [0, 0.05) is 12.5 Å². The number of aryl methyl sites for hydroxylation is 1. The van der Waals surface area contributed by atoms with Crippen LogP contribution in [-0.2, 0) is 16.1 Å². The molecule has 9 nitrogen and oxygen atoms in total. The van der Waals surface area contributed by atoms with Crippen LogP contribution in [-0.4, -0.2) is 50.0 Å². The fourth-order valence-corrected chi connectivity index (χ4v) is 5.95. The van der Waals surface area contributed by atoms with Gasteiger partial charge in [-0.1, -0.05) is 51.1 Å². The second-order valence-corrected chi connectivity index (χ2v) is 12.2. The maximum absolute atomic E-state index is 13.8. The number of aliphatic hydroxyl groups is 1. The van der Waals surface area contributed by atoms with Gasteiger partial charge in [0.1, 0.15) is 0 Å². The first-order valence-electron chi connectivity index (χ1n) is 13.2. The lowest BCUT2D eigenvalue weighted by Gasteiger charge is -2.33. The van der Waals surface area contributed by atoms with E-state index in [1.807, 2.05) is 31.2 Å². The normalized spacial score (nSPS) is 19.7. The number of carbonyl (C=O) groups is 3. The van der Waals surface area contributed by atoms with E-state index in [2.05, 4.69) is 15.6 Å². The molecule has 40 heavy (non-hydrogen) atoms. The van der Waals surface area contributed by atoms with Gasteiger partial charge in [0.25, 0.3) is 5.91 Å². The van der Waals surface area contributed by atoms with Crippen molar-refractivity contribution in [3.8, 4) is 21.9 Å². The Kier molecular flexibility index (Phi) is 8.60. The van der Waals surface area contributed by atoms with Crippen LogP contribution in [0.15, 0.2) is 48.0 Å². The summed E-state index contributed by atoms with van der Waals surface area (Å²) >= 11 is 1.57. The molecule has 1 aliphatic carbocycles. The third kappa shape index (κ3) is 6.34. The van der Waals surface area contributed by atoms with Crippen LogP contribution in [0.1, 0.15) is 55.2 Å². The lowest BCUT2D eigenvalue weighted by Crippen LogP contribution is -2.52. The zero-order chi connectivity index (χ0) is 29.2. The van der Waals surface area contributed by atoms with Crippen LogP contribution in [0.25, 0.3) is 10.4 Å². The molecule has 1 aliphatic rings. The fourth-order valence-electron chi connectivity index (χ4n) is 5.14. The highest BCUT2D eigenvalue weighted by atomic mass is 32.1. The van der Waals surface area contributed by atoms with Crippen LogP contribution < -0.4 is 10.6 Å². The van der Waals surface area contributed by atoms with Crippen LogP contribution in [0, 0.1) is 24.2 Å². The predicted octanol–water partition coefficient (Wildman–Crippen LogP) is 3.95. The second kappa shape index (κ2) is 11.8. The Bertz CT molecular complexity index is 1400. The number of para-hydroxylation sites is 1. The topological polar surface area (TPSA) is 149 Å². The molecule has 4 atom stereocenters. The summed E-state index contributed by atoms with van der Waals surface area (Å²) in [5.41, 5.74) is 3.81. The number of aromatic hydroxyl groups is 2. The molecule has 2 aromatic carbocycles. The van der Waals surface area contributed by atoms with Gasteiger partial charge in [0.05, 0.1) is 39.7 Å². The quantitative estimate of drug-likeness (QED) is 0.260. The Hall–Kier alpha value is -3.76. The molecule has 0 spiro atoms. The molecule has 0 radical (unpaired) electrons. The largest absolute Gasteiger partial charge is 0.504 e. The van der Waals surface area contributed by atoms with Crippen molar-refractivity contribution < 1.29 is 29.7 Å². The van der Waals surface area contributed by atoms with Crippen molar-refractivity contribution in [2.24, 2.45) is 17.3 Å². The smallest absolute Gasteiger partial charge is 0.255 e. The number of thiazole rings is 1. The third-order valence-electron chi connectivity index (χ3n) is 7.35. The van der Waals surface area contributed by atoms with E-state index in [1.165, 1.54) is 18.2 Å². The van der Waals surface area contributed by atoms with Gasteiger partial charge in [0.2, 0.25) is 5.91 Å². The van der Waals surface area contributed by atoms with E-state index in [4.69, 9.17) is 0 Å². The Balaban J connectivity index is 1.46. The number of Topliss-reactive ketones (excluding diaryl/α,β-unsaturated/α-hetero) is 1. The first kappa shape index (κ1) is 29.2. The van der Waals surface area contributed by atoms with Crippen LogP contribution in [0.5, 0.6) is 11.5 Å². The van der Waals surface area contributed by atoms with Crippen molar-refractivity contribution in [1.29, 1.82) is 0 Å². The third-order valence-corrected chi connectivity index (χ3v) is 8.33. The average Bonchev–Trinajstić information content (AvgIpc) is 3.52. The van der Waals surface area contributed by atoms with E-state index < -0.39 is 46.8 Å². The maximum Gasteiger partial charge on any atom is 0.255 e. The van der Waals surface area contributed by atoms with Crippen LogP contribution in [0.4, 0.5) is 0 Å². The lowest BCUT2D eigenvalue weighted by atomic mass is 9.77. The number of phenols is 2. The average molecular weight is 566 g/mol. The molecule has 3 aromatic rings. The van der Waals surface area contributed by atoms with E-state index in [1.54, 1.807) is 37.6 Å². The van der Waals surface area contributed by atoms with Gasteiger partial charge in [-0.15, -0.1) is 11.3 Å². The Morgan fingerprint density at radius 2 is 1.73 bits per heavy atom. The number of amides is 2. The summed E-state index contributed by atoms with van der Waals surface area (Å²) < 4.78 is 0. The number of benzene rings is 2. The molecule has 0 saturated heterocycles. The van der Waals surface area contributed by atoms with Crippen LogP contribution in [0.3, 0.4) is 0 Å². The molecular weight excluding hydrogens is 530 g/mol. The highest BCUT2D eigenvalue weighted by Gasteiger charge is 2.46. The number of nitrogens with one attached hydrogen (secondary N) is 2. The summed E-state index contributed by atoms with van der Waals surface area (Å²) in [5, 5.41) is 35.9. The Morgan fingerprint density at radius 3 is 2.35 bits per heavy atom.